The molecular formula is C16H20N2O8. The Kier molecular flexibility index (Phi) is 7.16. The van der Waals surface area contributed by atoms with Crippen LogP contribution in [-0.4, -0.2) is 95.4 Å². The van der Waals surface area contributed by atoms with Gasteiger partial charge >= 0.3 is 0 Å². The monoisotopic (exact) mass is 368 g/mol. The molecule has 0 saturated carbocycles. The molecule has 26 heavy (non-hydrogen) atoms. The normalized spacial score (nSPS) is 19.2. The summed E-state index contributed by atoms with van der Waals surface area (Å²) in [6, 6.07) is 0. The summed E-state index contributed by atoms with van der Waals surface area (Å²) in [4.78, 5) is 47.2. The second kappa shape index (κ2) is 9.34. The Morgan fingerprint density at radius 1 is 0.692 bits per heavy atom. The summed E-state index contributed by atoms with van der Waals surface area (Å²) in [5.74, 6) is -1.90. The van der Waals surface area contributed by atoms with Gasteiger partial charge in [-0.1, -0.05) is 0 Å². The van der Waals surface area contributed by atoms with E-state index < -0.39 is 35.8 Å². The van der Waals surface area contributed by atoms with Crippen LogP contribution in [0, 0.1) is 0 Å². The highest BCUT2D eigenvalue weighted by atomic mass is 16.5. The highest BCUT2D eigenvalue weighted by Crippen LogP contribution is 2.06. The molecule has 0 radical (unpaired) electrons. The van der Waals surface area contributed by atoms with E-state index in [-0.39, 0.29) is 39.5 Å². The quantitative estimate of drug-likeness (QED) is 0.304. The molecule has 2 aliphatic rings. The highest BCUT2D eigenvalue weighted by Gasteiger charge is 2.26. The van der Waals surface area contributed by atoms with E-state index in [4.69, 9.17) is 9.47 Å². The standard InChI is InChI=1S/C16H20N2O8/c19-11(7-17-13(21)1-2-14(17)22)9-25-5-6-26-10-12(20)8-18-15(23)3-4-16(18)24/h1-4,11-12,19-20H,5-10H2. The van der Waals surface area contributed by atoms with E-state index in [0.717, 1.165) is 34.1 Å². The number of rotatable bonds is 11. The molecule has 0 spiro atoms. The number of hydrogen-bond acceptors (Lipinski definition) is 8. The number of aliphatic hydroxyl groups excluding tert-OH is 2. The zero-order valence-electron chi connectivity index (χ0n) is 13.9. The van der Waals surface area contributed by atoms with Gasteiger partial charge < -0.3 is 19.7 Å². The zero-order valence-corrected chi connectivity index (χ0v) is 13.9. The van der Waals surface area contributed by atoms with Crippen LogP contribution in [0.3, 0.4) is 0 Å². The molecule has 0 aliphatic carbocycles. The van der Waals surface area contributed by atoms with Gasteiger partial charge in [-0.3, -0.25) is 29.0 Å². The van der Waals surface area contributed by atoms with Crippen LogP contribution in [0.15, 0.2) is 24.3 Å². The Morgan fingerprint density at radius 2 is 1.00 bits per heavy atom. The van der Waals surface area contributed by atoms with Gasteiger partial charge in [-0.25, -0.2) is 0 Å². The molecule has 2 unspecified atom stereocenters. The molecule has 10 nitrogen and oxygen atoms in total. The fourth-order valence-electron chi connectivity index (χ4n) is 2.31. The number of carbonyl (C=O) groups excluding carboxylic acids is 4. The first-order valence-corrected chi connectivity index (χ1v) is 7.97. The number of hydrogen-bond donors (Lipinski definition) is 2. The predicted octanol–water partition coefficient (Wildman–Crippen LogP) is -2.41. The molecule has 4 amide bonds. The van der Waals surface area contributed by atoms with Crippen LogP contribution in [0.25, 0.3) is 0 Å². The van der Waals surface area contributed by atoms with E-state index in [1.807, 2.05) is 0 Å². The van der Waals surface area contributed by atoms with Crippen LogP contribution in [0.5, 0.6) is 0 Å². The van der Waals surface area contributed by atoms with Crippen LogP contribution in [-0.2, 0) is 28.7 Å². The smallest absolute Gasteiger partial charge is 0.253 e. The van der Waals surface area contributed by atoms with E-state index in [1.54, 1.807) is 0 Å². The van der Waals surface area contributed by atoms with Crippen LogP contribution in [0.1, 0.15) is 0 Å². The molecule has 0 bridgehead atoms. The molecule has 0 fully saturated rings. The average molecular weight is 368 g/mol. The molecule has 2 atom stereocenters. The van der Waals surface area contributed by atoms with Crippen molar-refractivity contribution < 1.29 is 38.9 Å². The minimum Gasteiger partial charge on any atom is -0.389 e. The fraction of sp³-hybridized carbons (Fsp3) is 0.500. The molecule has 0 saturated heterocycles. The van der Waals surface area contributed by atoms with Crippen molar-refractivity contribution in [3.8, 4) is 0 Å². The van der Waals surface area contributed by atoms with Crippen molar-refractivity contribution in [3.05, 3.63) is 24.3 Å². The Bertz CT molecular complexity index is 540. The van der Waals surface area contributed by atoms with Crippen molar-refractivity contribution in [2.45, 2.75) is 12.2 Å². The summed E-state index contributed by atoms with van der Waals surface area (Å²) in [6.07, 6.45) is 2.49. The molecule has 142 valence electrons. The summed E-state index contributed by atoms with van der Waals surface area (Å²) >= 11 is 0. The Balaban J connectivity index is 1.51. The summed E-state index contributed by atoms with van der Waals surface area (Å²) in [5, 5.41) is 19.5. The van der Waals surface area contributed by atoms with E-state index in [1.165, 1.54) is 0 Å². The predicted molar refractivity (Wildman–Crippen MR) is 85.4 cm³/mol. The third-order valence-electron chi connectivity index (χ3n) is 3.58. The van der Waals surface area contributed by atoms with Gasteiger partial charge in [-0.05, 0) is 0 Å². The molecule has 0 aromatic rings. The van der Waals surface area contributed by atoms with E-state index in [9.17, 15) is 29.4 Å². The third-order valence-corrected chi connectivity index (χ3v) is 3.58. The van der Waals surface area contributed by atoms with Gasteiger partial charge in [0, 0.05) is 24.3 Å². The summed E-state index contributed by atoms with van der Waals surface area (Å²) in [7, 11) is 0. The second-order valence-corrected chi connectivity index (χ2v) is 5.70. The van der Waals surface area contributed by atoms with Crippen molar-refractivity contribution >= 4 is 23.6 Å². The number of ether oxygens (including phenoxy) is 2. The Morgan fingerprint density at radius 3 is 1.31 bits per heavy atom. The largest absolute Gasteiger partial charge is 0.389 e. The number of imide groups is 2. The summed E-state index contributed by atoms with van der Waals surface area (Å²) in [6.45, 7) is -0.261. The second-order valence-electron chi connectivity index (χ2n) is 5.70. The fourth-order valence-corrected chi connectivity index (χ4v) is 2.31. The van der Waals surface area contributed by atoms with Crippen molar-refractivity contribution in [3.63, 3.8) is 0 Å². The maximum Gasteiger partial charge on any atom is 0.253 e. The molecule has 10 heteroatoms. The summed E-state index contributed by atoms with van der Waals surface area (Å²) < 4.78 is 10.3. The van der Waals surface area contributed by atoms with Crippen LogP contribution < -0.4 is 0 Å². The van der Waals surface area contributed by atoms with Crippen LogP contribution in [0.4, 0.5) is 0 Å². The van der Waals surface area contributed by atoms with Crippen molar-refractivity contribution in [2.24, 2.45) is 0 Å². The number of amides is 4. The Labute approximate surface area is 149 Å². The summed E-state index contributed by atoms with van der Waals surface area (Å²) in [5.41, 5.74) is 0. The lowest BCUT2D eigenvalue weighted by Crippen LogP contribution is -2.39. The number of aliphatic hydroxyl groups is 2. The van der Waals surface area contributed by atoms with Crippen LogP contribution in [0.2, 0.25) is 0 Å². The molecule has 0 aromatic heterocycles. The number of nitrogens with zero attached hydrogens (tertiary/aromatic N) is 2. The molecule has 2 aliphatic heterocycles. The third kappa shape index (κ3) is 5.56. The maximum atomic E-state index is 11.3. The first-order valence-electron chi connectivity index (χ1n) is 7.97. The highest BCUT2D eigenvalue weighted by molar-refractivity contribution is 6.13. The first-order chi connectivity index (χ1) is 12.4. The van der Waals surface area contributed by atoms with Crippen molar-refractivity contribution in [1.82, 2.24) is 9.80 Å². The molecule has 2 rings (SSSR count). The van der Waals surface area contributed by atoms with E-state index in [0.29, 0.717) is 0 Å². The maximum absolute atomic E-state index is 11.3. The van der Waals surface area contributed by atoms with E-state index in [2.05, 4.69) is 0 Å². The van der Waals surface area contributed by atoms with Gasteiger partial charge in [-0.2, -0.15) is 0 Å². The van der Waals surface area contributed by atoms with Gasteiger partial charge in [0.15, 0.2) is 0 Å². The SMILES string of the molecule is O=C1C=CC(=O)N1CC(O)COCCOCC(O)CN1C(=O)C=CC1=O. The molecule has 2 heterocycles. The lowest BCUT2D eigenvalue weighted by molar-refractivity contribution is -0.140. The van der Waals surface area contributed by atoms with Crippen molar-refractivity contribution in [2.75, 3.05) is 39.5 Å². The van der Waals surface area contributed by atoms with Gasteiger partial charge in [0.1, 0.15) is 0 Å². The zero-order chi connectivity index (χ0) is 19.1. The molecular weight excluding hydrogens is 348 g/mol. The van der Waals surface area contributed by atoms with Crippen molar-refractivity contribution in [1.29, 1.82) is 0 Å². The number of β-amino-alcohol motifs (C(OH)–C–C–N with tert-alkyl or cyclic N) is 2. The van der Waals surface area contributed by atoms with E-state index >= 15 is 0 Å². The average Bonchev–Trinajstić information content (AvgIpc) is 3.08. The number of carbonyl (C=O) groups is 4. The minimum absolute atomic E-state index is 0.0918. The van der Waals surface area contributed by atoms with Gasteiger partial charge in [0.25, 0.3) is 23.6 Å². The lowest BCUT2D eigenvalue weighted by Gasteiger charge is -2.19. The minimum atomic E-state index is -1.02. The Hall–Kier alpha value is -2.40. The van der Waals surface area contributed by atoms with Gasteiger partial charge in [0.2, 0.25) is 0 Å². The molecule has 0 aromatic carbocycles. The van der Waals surface area contributed by atoms with Gasteiger partial charge in [-0.15, -0.1) is 0 Å². The topological polar surface area (TPSA) is 134 Å². The van der Waals surface area contributed by atoms with Gasteiger partial charge in [0.05, 0.1) is 51.7 Å². The van der Waals surface area contributed by atoms with Crippen LogP contribution >= 0.6 is 0 Å². The first kappa shape index (κ1) is 19.9. The lowest BCUT2D eigenvalue weighted by atomic mass is 10.3. The molecule has 2 N–H and O–H groups in total.